The number of hydrogen-bond acceptors (Lipinski definition) is 1. The minimum absolute atomic E-state index is 0.451. The first-order valence-corrected chi connectivity index (χ1v) is 9.94. The van der Waals surface area contributed by atoms with E-state index < -0.39 is 0 Å². The van der Waals surface area contributed by atoms with Gasteiger partial charge in [-0.2, -0.15) is 0 Å². The highest BCUT2D eigenvalue weighted by molar-refractivity contribution is 4.87. The van der Waals surface area contributed by atoms with Gasteiger partial charge < -0.3 is 5.73 Å². The number of unbranched alkanes of at least 4 members (excludes halogenated alkanes) is 9. The van der Waals surface area contributed by atoms with E-state index >= 15 is 0 Å². The standard InChI is InChI=1S/C20H41N/c1-3-4-5-6-7-8-9-10-11-13-16-19(21)20(2)17-14-12-15-18-20/h19H,3-18,21H2,1-2H3. The lowest BCUT2D eigenvalue weighted by molar-refractivity contribution is 0.161. The second kappa shape index (κ2) is 11.5. The van der Waals surface area contributed by atoms with E-state index in [2.05, 4.69) is 13.8 Å². The van der Waals surface area contributed by atoms with Crippen molar-refractivity contribution in [2.24, 2.45) is 11.1 Å². The molecule has 1 saturated carbocycles. The Morgan fingerprint density at radius 3 is 1.76 bits per heavy atom. The molecule has 0 heterocycles. The van der Waals surface area contributed by atoms with E-state index in [1.165, 1.54) is 103 Å². The second-order valence-electron chi connectivity index (χ2n) is 7.79. The van der Waals surface area contributed by atoms with Crippen LogP contribution in [0.25, 0.3) is 0 Å². The fourth-order valence-electron chi connectivity index (χ4n) is 3.93. The molecule has 0 amide bonds. The van der Waals surface area contributed by atoms with E-state index in [1.54, 1.807) is 0 Å². The maximum absolute atomic E-state index is 6.49. The quantitative estimate of drug-likeness (QED) is 0.403. The summed E-state index contributed by atoms with van der Waals surface area (Å²) < 4.78 is 0. The summed E-state index contributed by atoms with van der Waals surface area (Å²) in [6.45, 7) is 4.73. The van der Waals surface area contributed by atoms with Crippen molar-refractivity contribution < 1.29 is 0 Å². The van der Waals surface area contributed by atoms with Crippen molar-refractivity contribution >= 4 is 0 Å². The van der Waals surface area contributed by atoms with Crippen LogP contribution in [0.15, 0.2) is 0 Å². The molecule has 0 aromatic heterocycles. The Hall–Kier alpha value is -0.0400. The molecule has 1 rings (SSSR count). The molecule has 2 N–H and O–H groups in total. The first-order valence-electron chi connectivity index (χ1n) is 9.94. The van der Waals surface area contributed by atoms with E-state index in [9.17, 15) is 0 Å². The van der Waals surface area contributed by atoms with Crippen LogP contribution >= 0.6 is 0 Å². The third-order valence-electron chi connectivity index (χ3n) is 5.76. The van der Waals surface area contributed by atoms with Crippen LogP contribution in [-0.2, 0) is 0 Å². The van der Waals surface area contributed by atoms with Crippen LogP contribution in [0, 0.1) is 5.41 Å². The minimum atomic E-state index is 0.451. The molecule has 1 unspecified atom stereocenters. The first kappa shape index (κ1) is 19.0. The van der Waals surface area contributed by atoms with Gasteiger partial charge in [0, 0.05) is 6.04 Å². The highest BCUT2D eigenvalue weighted by Crippen LogP contribution is 2.39. The van der Waals surface area contributed by atoms with Crippen molar-refractivity contribution in [2.45, 2.75) is 123 Å². The fourth-order valence-corrected chi connectivity index (χ4v) is 3.93. The summed E-state index contributed by atoms with van der Waals surface area (Å²) in [5.41, 5.74) is 6.95. The average Bonchev–Trinajstić information content (AvgIpc) is 2.49. The summed E-state index contributed by atoms with van der Waals surface area (Å²) in [5.74, 6) is 0. The Morgan fingerprint density at radius 1 is 0.762 bits per heavy atom. The molecular weight excluding hydrogens is 254 g/mol. The van der Waals surface area contributed by atoms with Crippen LogP contribution in [0.2, 0.25) is 0 Å². The third kappa shape index (κ3) is 8.24. The molecular formula is C20H41N. The van der Waals surface area contributed by atoms with Crippen LogP contribution in [-0.4, -0.2) is 6.04 Å². The molecule has 1 aliphatic carbocycles. The predicted octanol–water partition coefficient (Wildman–Crippen LogP) is 6.60. The summed E-state index contributed by atoms with van der Waals surface area (Å²) in [4.78, 5) is 0. The van der Waals surface area contributed by atoms with Gasteiger partial charge >= 0.3 is 0 Å². The lowest BCUT2D eigenvalue weighted by Gasteiger charge is -2.39. The van der Waals surface area contributed by atoms with Gasteiger partial charge in [0.1, 0.15) is 0 Å². The Kier molecular flexibility index (Phi) is 10.4. The van der Waals surface area contributed by atoms with E-state index in [1.807, 2.05) is 0 Å². The predicted molar refractivity (Wildman–Crippen MR) is 95.6 cm³/mol. The van der Waals surface area contributed by atoms with E-state index in [0.717, 1.165) is 0 Å². The van der Waals surface area contributed by atoms with Crippen LogP contribution in [0.3, 0.4) is 0 Å². The molecule has 1 heteroatoms. The average molecular weight is 296 g/mol. The Morgan fingerprint density at radius 2 is 1.24 bits per heavy atom. The lowest BCUT2D eigenvalue weighted by Crippen LogP contribution is -2.40. The second-order valence-corrected chi connectivity index (χ2v) is 7.79. The SMILES string of the molecule is CCCCCCCCCCCCC(N)C1(C)CCCCC1. The number of rotatable bonds is 12. The molecule has 1 fully saturated rings. The van der Waals surface area contributed by atoms with Crippen molar-refractivity contribution in [3.63, 3.8) is 0 Å². The van der Waals surface area contributed by atoms with Crippen LogP contribution < -0.4 is 5.73 Å². The van der Waals surface area contributed by atoms with Crippen molar-refractivity contribution in [3.05, 3.63) is 0 Å². The van der Waals surface area contributed by atoms with Crippen molar-refractivity contribution in [2.75, 3.05) is 0 Å². The van der Waals surface area contributed by atoms with Crippen LogP contribution in [0.4, 0.5) is 0 Å². The molecule has 0 aliphatic heterocycles. The highest BCUT2D eigenvalue weighted by atomic mass is 14.7. The molecule has 1 nitrogen and oxygen atoms in total. The summed E-state index contributed by atoms with van der Waals surface area (Å²) in [7, 11) is 0. The highest BCUT2D eigenvalue weighted by Gasteiger charge is 2.32. The minimum Gasteiger partial charge on any atom is -0.327 e. The Labute approximate surface area is 134 Å². The van der Waals surface area contributed by atoms with Crippen molar-refractivity contribution in [1.82, 2.24) is 0 Å². The van der Waals surface area contributed by atoms with Gasteiger partial charge in [0.25, 0.3) is 0 Å². The summed E-state index contributed by atoms with van der Waals surface area (Å²) in [6, 6.07) is 0.451. The maximum atomic E-state index is 6.49. The summed E-state index contributed by atoms with van der Waals surface area (Å²) >= 11 is 0. The smallest absolute Gasteiger partial charge is 0.00929 e. The van der Waals surface area contributed by atoms with Gasteiger partial charge in [-0.15, -0.1) is 0 Å². The van der Waals surface area contributed by atoms with Gasteiger partial charge in [-0.3, -0.25) is 0 Å². The molecule has 0 bridgehead atoms. The number of nitrogens with two attached hydrogens (primary N) is 1. The van der Waals surface area contributed by atoms with Crippen LogP contribution in [0.1, 0.15) is 117 Å². The topological polar surface area (TPSA) is 26.0 Å². The zero-order chi connectivity index (χ0) is 15.4. The fraction of sp³-hybridized carbons (Fsp3) is 1.00. The zero-order valence-electron chi connectivity index (χ0n) is 15.0. The van der Waals surface area contributed by atoms with Crippen molar-refractivity contribution in [1.29, 1.82) is 0 Å². The molecule has 1 aliphatic rings. The van der Waals surface area contributed by atoms with Gasteiger partial charge in [0.2, 0.25) is 0 Å². The van der Waals surface area contributed by atoms with Crippen LogP contribution in [0.5, 0.6) is 0 Å². The van der Waals surface area contributed by atoms with Gasteiger partial charge in [0.05, 0.1) is 0 Å². The van der Waals surface area contributed by atoms with E-state index in [-0.39, 0.29) is 0 Å². The van der Waals surface area contributed by atoms with Crippen molar-refractivity contribution in [3.8, 4) is 0 Å². The summed E-state index contributed by atoms with van der Waals surface area (Å²) in [6.07, 6.45) is 22.5. The molecule has 0 radical (unpaired) electrons. The van der Waals surface area contributed by atoms with Gasteiger partial charge in [-0.05, 0) is 24.7 Å². The molecule has 0 saturated heterocycles. The summed E-state index contributed by atoms with van der Waals surface area (Å²) in [5, 5.41) is 0. The molecule has 0 aromatic rings. The molecule has 21 heavy (non-hydrogen) atoms. The molecule has 0 spiro atoms. The third-order valence-corrected chi connectivity index (χ3v) is 5.76. The number of hydrogen-bond donors (Lipinski definition) is 1. The largest absolute Gasteiger partial charge is 0.327 e. The van der Waals surface area contributed by atoms with E-state index in [0.29, 0.717) is 11.5 Å². The Bertz CT molecular complexity index is 230. The molecule has 0 aromatic carbocycles. The zero-order valence-corrected chi connectivity index (χ0v) is 15.0. The van der Waals surface area contributed by atoms with Gasteiger partial charge in [-0.1, -0.05) is 97.3 Å². The lowest BCUT2D eigenvalue weighted by atomic mass is 9.69. The maximum Gasteiger partial charge on any atom is 0.00929 e. The van der Waals surface area contributed by atoms with E-state index in [4.69, 9.17) is 5.73 Å². The van der Waals surface area contributed by atoms with Gasteiger partial charge in [0.15, 0.2) is 0 Å². The monoisotopic (exact) mass is 295 g/mol. The van der Waals surface area contributed by atoms with Gasteiger partial charge in [-0.25, -0.2) is 0 Å². The molecule has 1 atom stereocenters. The molecule has 126 valence electrons. The first-order chi connectivity index (χ1) is 10.2. The Balaban J connectivity index is 1.91. The normalized spacial score (nSPS) is 19.6.